The predicted octanol–water partition coefficient (Wildman–Crippen LogP) is 16.0. The van der Waals surface area contributed by atoms with Crippen LogP contribution in [-0.2, 0) is 0 Å². The van der Waals surface area contributed by atoms with Gasteiger partial charge in [0.1, 0.15) is 0 Å². The van der Waals surface area contributed by atoms with Crippen LogP contribution in [0.2, 0.25) is 0 Å². The molecule has 2 unspecified atom stereocenters. The number of fused-ring (bicyclic) bond motifs is 6. The van der Waals surface area contributed by atoms with Crippen LogP contribution in [0.3, 0.4) is 0 Å². The van der Waals surface area contributed by atoms with E-state index in [1.807, 2.05) is 0 Å². The minimum Gasteiger partial charge on any atom is -0.310 e. The van der Waals surface area contributed by atoms with Gasteiger partial charge in [-0.3, -0.25) is 0 Å². The molecule has 57 heavy (non-hydrogen) atoms. The van der Waals surface area contributed by atoms with E-state index in [0.29, 0.717) is 11.8 Å². The maximum atomic E-state index is 2.44. The average molecular weight is 732 g/mol. The summed E-state index contributed by atoms with van der Waals surface area (Å²) in [4.78, 5) is 2.44. The first kappa shape index (κ1) is 34.8. The number of rotatable bonds is 8. The Kier molecular flexibility index (Phi) is 9.00. The average Bonchev–Trinajstić information content (AvgIpc) is 3.27. The van der Waals surface area contributed by atoms with E-state index in [1.165, 1.54) is 95.0 Å². The molecule has 9 aromatic rings. The highest BCUT2D eigenvalue weighted by atomic mass is 15.1. The van der Waals surface area contributed by atoms with Gasteiger partial charge in [0, 0.05) is 22.7 Å². The van der Waals surface area contributed by atoms with Crippen LogP contribution in [-0.4, -0.2) is 0 Å². The Hall–Kier alpha value is -6.70. The fraction of sp³-hybridized carbons (Fsp3) is 0.107. The molecule has 0 saturated heterocycles. The quantitative estimate of drug-likeness (QED) is 0.141. The summed E-state index contributed by atoms with van der Waals surface area (Å²) in [5, 5.41) is 10.1. The zero-order chi connectivity index (χ0) is 38.3. The number of anilines is 3. The van der Waals surface area contributed by atoms with Gasteiger partial charge in [-0.1, -0.05) is 177 Å². The Morgan fingerprint density at radius 3 is 1.77 bits per heavy atom. The van der Waals surface area contributed by atoms with Crippen LogP contribution in [0.15, 0.2) is 200 Å². The second-order valence-electron chi connectivity index (χ2n) is 15.6. The van der Waals surface area contributed by atoms with Crippen molar-refractivity contribution < 1.29 is 0 Å². The van der Waals surface area contributed by atoms with Crippen LogP contribution >= 0.6 is 0 Å². The molecule has 0 amide bonds. The van der Waals surface area contributed by atoms with Crippen molar-refractivity contribution in [3.05, 3.63) is 211 Å². The van der Waals surface area contributed by atoms with Crippen molar-refractivity contribution in [2.45, 2.75) is 32.6 Å². The molecule has 1 nitrogen and oxygen atoms in total. The summed E-state index contributed by atoms with van der Waals surface area (Å²) in [5.41, 5.74) is 11.2. The van der Waals surface area contributed by atoms with Gasteiger partial charge in [0.25, 0.3) is 0 Å². The number of nitrogens with zero attached hydrogens (tertiary/aromatic N) is 1. The monoisotopic (exact) mass is 731 g/mol. The van der Waals surface area contributed by atoms with E-state index >= 15 is 0 Å². The van der Waals surface area contributed by atoms with Crippen molar-refractivity contribution in [1.82, 2.24) is 0 Å². The maximum absolute atomic E-state index is 2.44. The second-order valence-corrected chi connectivity index (χ2v) is 15.6. The number of hydrogen-bond acceptors (Lipinski definition) is 1. The van der Waals surface area contributed by atoms with Gasteiger partial charge in [0.2, 0.25) is 0 Å². The summed E-state index contributed by atoms with van der Waals surface area (Å²) in [6.07, 6.45) is 11.6. The standard InChI is InChI=1S/C56H45N/c1-3-13-40-14-4-7-17-50(40)49-23-12-22-48(38(49)2)42-30-34-47(35-31-42)57(56-37-45-16-6-9-19-52(45)53-20-10-11-21-54(53)56)46-32-28-39(29-33-46)44-27-26-43-25-24-41-15-5-8-18-51(41)55(43)36-44/h4-12,14-37,40,50H,3,13H2,1-2H3. The Bertz CT molecular complexity index is 2980. The van der Waals surface area contributed by atoms with Gasteiger partial charge in [-0.15, -0.1) is 0 Å². The molecule has 0 bridgehead atoms. The Morgan fingerprint density at radius 2 is 1.04 bits per heavy atom. The molecule has 9 aromatic carbocycles. The second kappa shape index (κ2) is 14.8. The van der Waals surface area contributed by atoms with Crippen LogP contribution in [0.1, 0.15) is 36.8 Å². The lowest BCUT2D eigenvalue weighted by atomic mass is 9.78. The van der Waals surface area contributed by atoms with Gasteiger partial charge in [-0.2, -0.15) is 0 Å². The molecule has 0 fully saturated rings. The molecule has 10 rings (SSSR count). The molecular formula is C56H45N. The van der Waals surface area contributed by atoms with E-state index in [1.54, 1.807) is 0 Å². The van der Waals surface area contributed by atoms with Gasteiger partial charge >= 0.3 is 0 Å². The lowest BCUT2D eigenvalue weighted by Gasteiger charge is -2.28. The molecule has 0 heterocycles. The van der Waals surface area contributed by atoms with Crippen LogP contribution in [0, 0.1) is 12.8 Å². The van der Waals surface area contributed by atoms with E-state index in [2.05, 4.69) is 219 Å². The van der Waals surface area contributed by atoms with Crippen LogP contribution in [0.25, 0.3) is 65.3 Å². The molecule has 1 aliphatic carbocycles. The zero-order valence-electron chi connectivity index (χ0n) is 32.6. The van der Waals surface area contributed by atoms with Crippen LogP contribution < -0.4 is 4.90 Å². The molecule has 0 aromatic heterocycles. The molecule has 1 heteroatoms. The van der Waals surface area contributed by atoms with E-state index in [4.69, 9.17) is 0 Å². The Labute approximate surface area is 335 Å². The van der Waals surface area contributed by atoms with E-state index in [0.717, 1.165) is 11.4 Å². The summed E-state index contributed by atoms with van der Waals surface area (Å²) >= 11 is 0. The molecular weight excluding hydrogens is 687 g/mol. The minimum atomic E-state index is 0.405. The van der Waals surface area contributed by atoms with Crippen molar-refractivity contribution in [3.63, 3.8) is 0 Å². The van der Waals surface area contributed by atoms with E-state index in [9.17, 15) is 0 Å². The number of benzene rings is 9. The lowest BCUT2D eigenvalue weighted by Crippen LogP contribution is -2.12. The van der Waals surface area contributed by atoms with E-state index in [-0.39, 0.29) is 0 Å². The van der Waals surface area contributed by atoms with Gasteiger partial charge in [-0.05, 0) is 127 Å². The summed E-state index contributed by atoms with van der Waals surface area (Å²) in [5.74, 6) is 0.942. The molecule has 0 aliphatic heterocycles. The summed E-state index contributed by atoms with van der Waals surface area (Å²) in [7, 11) is 0. The molecule has 274 valence electrons. The highest BCUT2D eigenvalue weighted by molar-refractivity contribution is 6.14. The van der Waals surface area contributed by atoms with Crippen molar-refractivity contribution >= 4 is 60.2 Å². The normalized spacial score (nSPS) is 15.2. The fourth-order valence-electron chi connectivity index (χ4n) is 9.35. The van der Waals surface area contributed by atoms with Crippen LogP contribution in [0.4, 0.5) is 17.1 Å². The maximum Gasteiger partial charge on any atom is 0.0546 e. The highest BCUT2D eigenvalue weighted by Crippen LogP contribution is 2.44. The van der Waals surface area contributed by atoms with Crippen molar-refractivity contribution in [2.75, 3.05) is 4.90 Å². The zero-order valence-corrected chi connectivity index (χ0v) is 32.6. The third kappa shape index (κ3) is 6.30. The SMILES string of the molecule is CCCC1C=CC=CC1c1cccc(-c2ccc(N(c3ccc(-c4ccc5ccc6ccccc6c5c4)cc3)c3cc4ccccc4c4ccccc34)cc2)c1C. The van der Waals surface area contributed by atoms with Gasteiger partial charge in [-0.25, -0.2) is 0 Å². The smallest absolute Gasteiger partial charge is 0.0546 e. The molecule has 1 aliphatic rings. The van der Waals surface area contributed by atoms with Gasteiger partial charge in [0.05, 0.1) is 5.69 Å². The molecule has 0 saturated carbocycles. The predicted molar refractivity (Wildman–Crippen MR) is 246 cm³/mol. The minimum absolute atomic E-state index is 0.405. The fourth-order valence-corrected chi connectivity index (χ4v) is 9.35. The Balaban J connectivity index is 1.08. The topological polar surface area (TPSA) is 3.24 Å². The highest BCUT2D eigenvalue weighted by Gasteiger charge is 2.23. The molecule has 0 radical (unpaired) electrons. The molecule has 2 atom stereocenters. The van der Waals surface area contributed by atoms with Crippen molar-refractivity contribution in [3.8, 4) is 22.3 Å². The third-order valence-electron chi connectivity index (χ3n) is 12.2. The first-order valence-corrected chi connectivity index (χ1v) is 20.4. The van der Waals surface area contributed by atoms with Crippen molar-refractivity contribution in [1.29, 1.82) is 0 Å². The number of hydrogen-bond donors (Lipinski definition) is 0. The first-order chi connectivity index (χ1) is 28.1. The lowest BCUT2D eigenvalue weighted by molar-refractivity contribution is 0.523. The van der Waals surface area contributed by atoms with Gasteiger partial charge < -0.3 is 4.90 Å². The summed E-state index contributed by atoms with van der Waals surface area (Å²) in [6.45, 7) is 4.60. The van der Waals surface area contributed by atoms with Crippen molar-refractivity contribution in [2.24, 2.45) is 5.92 Å². The molecule has 0 spiro atoms. The van der Waals surface area contributed by atoms with Crippen LogP contribution in [0.5, 0.6) is 0 Å². The number of allylic oxidation sites excluding steroid dienone is 4. The van der Waals surface area contributed by atoms with E-state index < -0.39 is 0 Å². The largest absolute Gasteiger partial charge is 0.310 e. The van der Waals surface area contributed by atoms with Gasteiger partial charge in [0.15, 0.2) is 0 Å². The first-order valence-electron chi connectivity index (χ1n) is 20.4. The third-order valence-corrected chi connectivity index (χ3v) is 12.2. The Morgan fingerprint density at radius 1 is 0.456 bits per heavy atom. The summed E-state index contributed by atoms with van der Waals surface area (Å²) in [6, 6.07) is 65.1. The molecule has 0 N–H and O–H groups in total. The summed E-state index contributed by atoms with van der Waals surface area (Å²) < 4.78 is 0.